The second kappa shape index (κ2) is 7.64. The Morgan fingerprint density at radius 2 is 1.68 bits per heavy atom. The summed E-state index contributed by atoms with van der Waals surface area (Å²) in [6.45, 7) is 0.977. The molecule has 2 saturated heterocycles. The number of fused-ring (bicyclic) bond motifs is 1. The number of hydrogen-bond acceptors (Lipinski definition) is 5. The second-order valence-corrected chi connectivity index (χ2v) is 6.46. The lowest BCUT2D eigenvalue weighted by Gasteiger charge is -2.45. The van der Waals surface area contributed by atoms with Gasteiger partial charge in [-0.1, -0.05) is 60.7 Å². The van der Waals surface area contributed by atoms with Crippen molar-refractivity contribution < 1.29 is 18.9 Å². The Morgan fingerprint density at radius 3 is 2.44 bits per heavy atom. The van der Waals surface area contributed by atoms with Crippen LogP contribution < -0.4 is 5.73 Å². The summed E-state index contributed by atoms with van der Waals surface area (Å²) in [7, 11) is 0. The van der Waals surface area contributed by atoms with Gasteiger partial charge in [-0.05, 0) is 5.56 Å². The van der Waals surface area contributed by atoms with Gasteiger partial charge in [0.25, 0.3) is 0 Å². The van der Waals surface area contributed by atoms with Gasteiger partial charge in [-0.3, -0.25) is 0 Å². The van der Waals surface area contributed by atoms with Gasteiger partial charge in [0.05, 0.1) is 19.3 Å². The zero-order valence-electron chi connectivity index (χ0n) is 14.0. The van der Waals surface area contributed by atoms with E-state index in [1.54, 1.807) is 0 Å². The molecule has 25 heavy (non-hydrogen) atoms. The van der Waals surface area contributed by atoms with Crippen LogP contribution in [0.5, 0.6) is 0 Å². The summed E-state index contributed by atoms with van der Waals surface area (Å²) >= 11 is 0. The summed E-state index contributed by atoms with van der Waals surface area (Å²) in [5.41, 5.74) is 8.16. The number of nitrogens with two attached hydrogens (primary N) is 1. The maximum absolute atomic E-state index is 6.20. The van der Waals surface area contributed by atoms with Gasteiger partial charge < -0.3 is 24.7 Å². The molecular formula is C20H23NO4. The van der Waals surface area contributed by atoms with Crippen LogP contribution in [-0.4, -0.2) is 31.1 Å². The van der Waals surface area contributed by atoms with Crippen molar-refractivity contribution in [1.82, 2.24) is 0 Å². The average molecular weight is 341 g/mol. The molecule has 5 nitrogen and oxygen atoms in total. The third kappa shape index (κ3) is 3.92. The van der Waals surface area contributed by atoms with Gasteiger partial charge in [0.15, 0.2) is 6.29 Å². The van der Waals surface area contributed by atoms with Crippen LogP contribution in [-0.2, 0) is 25.6 Å². The van der Waals surface area contributed by atoms with Crippen LogP contribution in [0.2, 0.25) is 0 Å². The maximum atomic E-state index is 6.20. The molecule has 0 aliphatic carbocycles. The molecule has 2 N–H and O–H groups in total. The molecule has 5 heteroatoms. The summed E-state index contributed by atoms with van der Waals surface area (Å²) in [6, 6.07) is 20.0. The van der Waals surface area contributed by atoms with Crippen molar-refractivity contribution in [3.8, 4) is 0 Å². The molecule has 5 atom stereocenters. The lowest BCUT2D eigenvalue weighted by Crippen LogP contribution is -2.57. The van der Waals surface area contributed by atoms with Gasteiger partial charge in [-0.2, -0.15) is 0 Å². The molecule has 3 unspecified atom stereocenters. The van der Waals surface area contributed by atoms with Gasteiger partial charge in [-0.25, -0.2) is 0 Å². The Labute approximate surface area is 147 Å². The Balaban J connectivity index is 1.46. The van der Waals surface area contributed by atoms with E-state index in [9.17, 15) is 0 Å². The van der Waals surface area contributed by atoms with Gasteiger partial charge >= 0.3 is 0 Å². The largest absolute Gasteiger partial charge is 0.371 e. The quantitative estimate of drug-likeness (QED) is 0.926. The molecule has 0 saturated carbocycles. The van der Waals surface area contributed by atoms with Crippen molar-refractivity contribution in [3.63, 3.8) is 0 Å². The molecule has 0 aromatic heterocycles. The summed E-state index contributed by atoms with van der Waals surface area (Å²) in [5, 5.41) is 0. The summed E-state index contributed by atoms with van der Waals surface area (Å²) < 4.78 is 24.0. The van der Waals surface area contributed by atoms with Crippen LogP contribution in [0.3, 0.4) is 0 Å². The third-order valence-corrected chi connectivity index (χ3v) is 4.62. The Bertz CT molecular complexity index is 666. The fraction of sp³-hybridized carbons (Fsp3) is 0.400. The molecule has 0 bridgehead atoms. The topological polar surface area (TPSA) is 62.9 Å². The molecule has 0 spiro atoms. The van der Waals surface area contributed by atoms with Crippen LogP contribution >= 0.6 is 0 Å². The van der Waals surface area contributed by atoms with Crippen LogP contribution in [0, 0.1) is 0 Å². The third-order valence-electron chi connectivity index (χ3n) is 4.62. The first-order valence-corrected chi connectivity index (χ1v) is 8.68. The highest BCUT2D eigenvalue weighted by Crippen LogP contribution is 2.34. The highest BCUT2D eigenvalue weighted by Gasteiger charge is 2.44. The van der Waals surface area contributed by atoms with Crippen molar-refractivity contribution in [3.05, 3.63) is 71.8 Å². The van der Waals surface area contributed by atoms with E-state index in [-0.39, 0.29) is 24.5 Å². The van der Waals surface area contributed by atoms with Gasteiger partial charge in [0.1, 0.15) is 18.4 Å². The summed E-state index contributed by atoms with van der Waals surface area (Å²) in [6.07, 6.45) is -0.670. The molecule has 4 rings (SSSR count). The highest BCUT2D eigenvalue weighted by molar-refractivity contribution is 5.17. The summed E-state index contributed by atoms with van der Waals surface area (Å²) in [4.78, 5) is 0. The smallest absolute Gasteiger partial charge is 0.184 e. The molecule has 0 amide bonds. The van der Waals surface area contributed by atoms with Crippen LogP contribution in [0.25, 0.3) is 0 Å². The Kier molecular flexibility index (Phi) is 5.10. The van der Waals surface area contributed by atoms with Crippen molar-refractivity contribution in [2.24, 2.45) is 5.73 Å². The zero-order chi connectivity index (χ0) is 17.1. The van der Waals surface area contributed by atoms with Crippen molar-refractivity contribution in [2.45, 2.75) is 43.9 Å². The second-order valence-electron chi connectivity index (χ2n) is 6.46. The van der Waals surface area contributed by atoms with Crippen LogP contribution in [0.1, 0.15) is 23.8 Å². The molecule has 2 fully saturated rings. The monoisotopic (exact) mass is 341 g/mol. The van der Waals surface area contributed by atoms with E-state index < -0.39 is 6.29 Å². The van der Waals surface area contributed by atoms with E-state index in [0.717, 1.165) is 11.1 Å². The number of benzene rings is 2. The van der Waals surface area contributed by atoms with Gasteiger partial charge in [0.2, 0.25) is 0 Å². The van der Waals surface area contributed by atoms with E-state index in [1.807, 2.05) is 60.7 Å². The predicted octanol–water partition coefficient (Wildman–Crippen LogP) is 2.76. The minimum absolute atomic E-state index is 0.121. The number of rotatable bonds is 4. The fourth-order valence-electron chi connectivity index (χ4n) is 3.36. The lowest BCUT2D eigenvalue weighted by molar-refractivity contribution is -0.315. The average Bonchev–Trinajstić information content (AvgIpc) is 2.67. The van der Waals surface area contributed by atoms with Crippen molar-refractivity contribution >= 4 is 0 Å². The summed E-state index contributed by atoms with van der Waals surface area (Å²) in [5.74, 6) is 0. The SMILES string of the molecule is N[C@H]1CC(OCc2ccccc2)[C@H]2OC(c3ccccc3)OCC2O1. The van der Waals surface area contributed by atoms with E-state index in [4.69, 9.17) is 24.7 Å². The van der Waals surface area contributed by atoms with Crippen molar-refractivity contribution in [1.29, 1.82) is 0 Å². The first-order chi connectivity index (χ1) is 12.3. The van der Waals surface area contributed by atoms with Crippen LogP contribution in [0.15, 0.2) is 60.7 Å². The predicted molar refractivity (Wildman–Crippen MR) is 92.5 cm³/mol. The van der Waals surface area contributed by atoms with Gasteiger partial charge in [-0.15, -0.1) is 0 Å². The lowest BCUT2D eigenvalue weighted by atomic mass is 9.99. The Hall–Kier alpha value is -1.76. The Morgan fingerprint density at radius 1 is 0.960 bits per heavy atom. The van der Waals surface area contributed by atoms with E-state index in [2.05, 4.69) is 0 Å². The molecule has 2 aromatic carbocycles. The van der Waals surface area contributed by atoms with E-state index in [1.165, 1.54) is 0 Å². The minimum atomic E-state index is -0.400. The molecule has 2 heterocycles. The molecule has 2 aliphatic rings. The molecule has 132 valence electrons. The maximum Gasteiger partial charge on any atom is 0.184 e. The molecule has 2 aliphatic heterocycles. The van der Waals surface area contributed by atoms with Crippen LogP contribution in [0.4, 0.5) is 0 Å². The fourth-order valence-corrected chi connectivity index (χ4v) is 3.36. The number of hydrogen-bond donors (Lipinski definition) is 1. The van der Waals surface area contributed by atoms with Gasteiger partial charge in [0, 0.05) is 12.0 Å². The minimum Gasteiger partial charge on any atom is -0.371 e. The molecular weight excluding hydrogens is 318 g/mol. The molecule has 0 radical (unpaired) electrons. The number of ether oxygens (including phenoxy) is 4. The zero-order valence-corrected chi connectivity index (χ0v) is 14.0. The van der Waals surface area contributed by atoms with Crippen molar-refractivity contribution in [2.75, 3.05) is 6.61 Å². The first-order valence-electron chi connectivity index (χ1n) is 8.68. The normalized spacial score (nSPS) is 32.1. The standard InChI is InChI=1S/C20H23NO4/c21-18-11-16(22-12-14-7-3-1-4-8-14)19-17(24-18)13-23-20(25-19)15-9-5-2-6-10-15/h1-10,16-20H,11-13,21H2/t16?,17?,18-,19-,20?/m1/s1. The molecule has 2 aromatic rings. The first kappa shape index (κ1) is 16.7. The highest BCUT2D eigenvalue weighted by atomic mass is 16.7. The van der Waals surface area contributed by atoms with E-state index >= 15 is 0 Å². The van der Waals surface area contributed by atoms with E-state index in [0.29, 0.717) is 19.6 Å².